The molecule has 0 aliphatic rings. The summed E-state index contributed by atoms with van der Waals surface area (Å²) < 4.78 is 0. The monoisotopic (exact) mass is 279 g/mol. The SMILES string of the molecule is CN(C)CC(C)(O)CNc1nc(Cl)nnc1Cl. The number of nitrogens with zero attached hydrogens (tertiary/aromatic N) is 4. The van der Waals surface area contributed by atoms with E-state index in [0.29, 0.717) is 12.4 Å². The minimum atomic E-state index is -0.912. The summed E-state index contributed by atoms with van der Waals surface area (Å²) in [5.41, 5.74) is -0.912. The molecule has 17 heavy (non-hydrogen) atoms. The third-order valence-electron chi connectivity index (χ3n) is 1.91. The van der Waals surface area contributed by atoms with Crippen molar-refractivity contribution in [3.63, 3.8) is 0 Å². The van der Waals surface area contributed by atoms with Gasteiger partial charge in [-0.15, -0.1) is 10.2 Å². The molecule has 0 bridgehead atoms. The maximum absolute atomic E-state index is 10.1. The fraction of sp³-hybridized carbons (Fsp3) is 0.667. The van der Waals surface area contributed by atoms with Crippen LogP contribution in [0.15, 0.2) is 0 Å². The normalized spacial score (nSPS) is 14.8. The van der Waals surface area contributed by atoms with Gasteiger partial charge in [0.1, 0.15) is 0 Å². The molecule has 2 N–H and O–H groups in total. The number of aromatic nitrogens is 3. The molecule has 0 saturated heterocycles. The van der Waals surface area contributed by atoms with Gasteiger partial charge in [0.25, 0.3) is 0 Å². The smallest absolute Gasteiger partial charge is 0.245 e. The van der Waals surface area contributed by atoms with Crippen LogP contribution in [0, 0.1) is 0 Å². The quantitative estimate of drug-likeness (QED) is 0.835. The van der Waals surface area contributed by atoms with E-state index in [4.69, 9.17) is 23.2 Å². The molecule has 1 heterocycles. The van der Waals surface area contributed by atoms with E-state index in [0.717, 1.165) is 0 Å². The Labute approximate surface area is 110 Å². The highest BCUT2D eigenvalue weighted by atomic mass is 35.5. The summed E-state index contributed by atoms with van der Waals surface area (Å²) in [6.07, 6.45) is 0. The lowest BCUT2D eigenvalue weighted by Gasteiger charge is -2.27. The molecule has 0 aliphatic carbocycles. The Morgan fingerprint density at radius 2 is 2.00 bits per heavy atom. The first-order valence-corrected chi connectivity index (χ1v) is 5.72. The molecule has 1 rings (SSSR count). The van der Waals surface area contributed by atoms with Crippen LogP contribution >= 0.6 is 23.2 Å². The number of nitrogens with one attached hydrogen (secondary N) is 1. The van der Waals surface area contributed by atoms with Crippen molar-refractivity contribution in [3.8, 4) is 0 Å². The maximum Gasteiger partial charge on any atom is 0.245 e. The minimum Gasteiger partial charge on any atom is -0.387 e. The van der Waals surface area contributed by atoms with Crippen molar-refractivity contribution in [1.82, 2.24) is 20.1 Å². The summed E-state index contributed by atoms with van der Waals surface area (Å²) >= 11 is 11.4. The highest BCUT2D eigenvalue weighted by molar-refractivity contribution is 6.32. The number of halogens is 2. The van der Waals surface area contributed by atoms with Gasteiger partial charge >= 0.3 is 0 Å². The highest BCUT2D eigenvalue weighted by Gasteiger charge is 2.22. The lowest BCUT2D eigenvalue weighted by atomic mass is 10.1. The van der Waals surface area contributed by atoms with Crippen LogP contribution in [0.1, 0.15) is 6.92 Å². The van der Waals surface area contributed by atoms with Crippen LogP contribution in [0.2, 0.25) is 10.4 Å². The lowest BCUT2D eigenvalue weighted by molar-refractivity contribution is 0.0459. The van der Waals surface area contributed by atoms with Gasteiger partial charge in [0, 0.05) is 13.1 Å². The number of hydrogen-bond donors (Lipinski definition) is 2. The third kappa shape index (κ3) is 4.99. The van der Waals surface area contributed by atoms with E-state index < -0.39 is 5.60 Å². The third-order valence-corrected chi connectivity index (χ3v) is 2.33. The molecule has 0 spiro atoms. The van der Waals surface area contributed by atoms with Gasteiger partial charge in [0.15, 0.2) is 11.0 Å². The van der Waals surface area contributed by atoms with Crippen LogP contribution in [-0.2, 0) is 0 Å². The van der Waals surface area contributed by atoms with E-state index in [9.17, 15) is 5.11 Å². The zero-order chi connectivity index (χ0) is 13.1. The average molecular weight is 280 g/mol. The fourth-order valence-electron chi connectivity index (χ4n) is 1.42. The van der Waals surface area contributed by atoms with Crippen LogP contribution in [-0.4, -0.2) is 58.0 Å². The van der Waals surface area contributed by atoms with E-state index in [1.807, 2.05) is 19.0 Å². The fourth-order valence-corrected chi connectivity index (χ4v) is 1.69. The molecule has 0 aliphatic heterocycles. The zero-order valence-corrected chi connectivity index (χ0v) is 11.4. The Bertz CT molecular complexity index is 386. The van der Waals surface area contributed by atoms with Crippen LogP contribution in [0.4, 0.5) is 5.82 Å². The Kier molecular flexibility index (Phi) is 4.88. The first kappa shape index (κ1) is 14.4. The predicted octanol–water partition coefficient (Wildman–Crippen LogP) is 0.903. The summed E-state index contributed by atoms with van der Waals surface area (Å²) in [4.78, 5) is 5.76. The highest BCUT2D eigenvalue weighted by Crippen LogP contribution is 2.17. The van der Waals surface area contributed by atoms with Crippen molar-refractivity contribution in [2.24, 2.45) is 0 Å². The molecule has 0 saturated carbocycles. The summed E-state index contributed by atoms with van der Waals surface area (Å²) in [6.45, 7) is 2.49. The number of aliphatic hydroxyl groups is 1. The summed E-state index contributed by atoms with van der Waals surface area (Å²) in [5.74, 6) is 0.311. The molecule has 1 atom stereocenters. The van der Waals surface area contributed by atoms with Crippen molar-refractivity contribution in [1.29, 1.82) is 0 Å². The Morgan fingerprint density at radius 1 is 1.35 bits per heavy atom. The van der Waals surface area contributed by atoms with Gasteiger partial charge in [-0.05, 0) is 32.6 Å². The van der Waals surface area contributed by atoms with Crippen molar-refractivity contribution in [2.75, 3.05) is 32.5 Å². The standard InChI is InChI=1S/C9H15Cl2N5O/c1-9(17,5-16(2)3)4-12-7-6(10)14-15-8(11)13-7/h17H,4-5H2,1-3H3,(H,12,13,15). The minimum absolute atomic E-state index is 0.00384. The van der Waals surface area contributed by atoms with Gasteiger partial charge in [-0.25, -0.2) is 0 Å². The zero-order valence-electron chi connectivity index (χ0n) is 9.91. The van der Waals surface area contributed by atoms with Crippen molar-refractivity contribution in [2.45, 2.75) is 12.5 Å². The topological polar surface area (TPSA) is 74.2 Å². The average Bonchev–Trinajstić information content (AvgIpc) is 2.17. The van der Waals surface area contributed by atoms with Crippen LogP contribution in [0.25, 0.3) is 0 Å². The van der Waals surface area contributed by atoms with Gasteiger partial charge in [-0.3, -0.25) is 0 Å². The van der Waals surface area contributed by atoms with Gasteiger partial charge in [-0.1, -0.05) is 11.6 Å². The Morgan fingerprint density at radius 3 is 2.59 bits per heavy atom. The second-order valence-corrected chi connectivity index (χ2v) is 5.00. The van der Waals surface area contributed by atoms with Gasteiger partial charge < -0.3 is 15.3 Å². The Hall–Kier alpha value is -0.690. The molecule has 1 aromatic rings. The van der Waals surface area contributed by atoms with E-state index in [2.05, 4.69) is 20.5 Å². The van der Waals surface area contributed by atoms with E-state index >= 15 is 0 Å². The van der Waals surface area contributed by atoms with Crippen LogP contribution < -0.4 is 5.32 Å². The van der Waals surface area contributed by atoms with Gasteiger partial charge in [0.2, 0.25) is 5.28 Å². The van der Waals surface area contributed by atoms with Crippen LogP contribution in [0.3, 0.4) is 0 Å². The molecule has 6 nitrogen and oxygen atoms in total. The van der Waals surface area contributed by atoms with Gasteiger partial charge in [0.05, 0.1) is 5.60 Å². The predicted molar refractivity (Wildman–Crippen MR) is 67.5 cm³/mol. The molecule has 0 fully saturated rings. The van der Waals surface area contributed by atoms with E-state index in [1.165, 1.54) is 0 Å². The molecular formula is C9H15Cl2N5O. The molecule has 0 amide bonds. The first-order chi connectivity index (χ1) is 7.80. The molecule has 8 heteroatoms. The molecular weight excluding hydrogens is 265 g/mol. The van der Waals surface area contributed by atoms with Crippen molar-refractivity contribution < 1.29 is 5.11 Å². The lowest BCUT2D eigenvalue weighted by Crippen LogP contribution is -2.43. The molecule has 0 aromatic carbocycles. The molecule has 0 radical (unpaired) electrons. The number of rotatable bonds is 5. The summed E-state index contributed by atoms with van der Waals surface area (Å²) in [5, 5.41) is 20.2. The second-order valence-electron chi connectivity index (χ2n) is 4.31. The first-order valence-electron chi connectivity index (χ1n) is 4.97. The van der Waals surface area contributed by atoms with E-state index in [1.54, 1.807) is 6.92 Å². The van der Waals surface area contributed by atoms with Crippen molar-refractivity contribution >= 4 is 29.0 Å². The second kappa shape index (κ2) is 5.77. The van der Waals surface area contributed by atoms with Gasteiger partial charge in [-0.2, -0.15) is 4.98 Å². The maximum atomic E-state index is 10.1. The number of likely N-dealkylation sites (N-methyl/N-ethyl adjacent to an activating group) is 1. The number of hydrogen-bond acceptors (Lipinski definition) is 6. The van der Waals surface area contributed by atoms with E-state index in [-0.39, 0.29) is 17.0 Å². The Balaban J connectivity index is 2.63. The summed E-state index contributed by atoms with van der Waals surface area (Å²) in [7, 11) is 3.76. The number of anilines is 1. The van der Waals surface area contributed by atoms with Crippen LogP contribution in [0.5, 0.6) is 0 Å². The molecule has 1 unspecified atom stereocenters. The molecule has 96 valence electrons. The largest absolute Gasteiger partial charge is 0.387 e. The molecule has 1 aromatic heterocycles. The summed E-state index contributed by atoms with van der Waals surface area (Å²) in [6, 6.07) is 0. The van der Waals surface area contributed by atoms with Crippen molar-refractivity contribution in [3.05, 3.63) is 10.4 Å².